The van der Waals surface area contributed by atoms with E-state index in [1.54, 1.807) is 37.3 Å². The Morgan fingerprint density at radius 2 is 1.74 bits per heavy atom. The minimum atomic E-state index is -3.64. The van der Waals surface area contributed by atoms with Crippen LogP contribution in [0, 0.1) is 0 Å². The Labute approximate surface area is 206 Å². The highest BCUT2D eigenvalue weighted by Gasteiger charge is 2.29. The van der Waals surface area contributed by atoms with E-state index in [0.717, 1.165) is 24.1 Å². The summed E-state index contributed by atoms with van der Waals surface area (Å²) in [6.45, 7) is 3.63. The van der Waals surface area contributed by atoms with Crippen molar-refractivity contribution in [3.05, 3.63) is 95.6 Å². The summed E-state index contributed by atoms with van der Waals surface area (Å²) >= 11 is 0. The van der Waals surface area contributed by atoms with Gasteiger partial charge in [-0.05, 0) is 54.3 Å². The maximum absolute atomic E-state index is 12.9. The van der Waals surface area contributed by atoms with Crippen molar-refractivity contribution in [1.29, 1.82) is 0 Å². The smallest absolute Gasteiger partial charge is 0.344 e. The lowest BCUT2D eigenvalue weighted by Crippen LogP contribution is -2.41. The van der Waals surface area contributed by atoms with Crippen molar-refractivity contribution in [2.45, 2.75) is 30.8 Å². The quantitative estimate of drug-likeness (QED) is 0.433. The van der Waals surface area contributed by atoms with E-state index >= 15 is 0 Å². The van der Waals surface area contributed by atoms with Crippen LogP contribution in [-0.4, -0.2) is 45.6 Å². The molecule has 0 bridgehead atoms. The third kappa shape index (κ3) is 6.48. The summed E-state index contributed by atoms with van der Waals surface area (Å²) in [4.78, 5) is 14.2. The highest BCUT2D eigenvalue weighted by molar-refractivity contribution is 7.89. The summed E-state index contributed by atoms with van der Waals surface area (Å²) < 4.78 is 39.2. The molecule has 0 aromatic heterocycles. The fourth-order valence-electron chi connectivity index (χ4n) is 4.29. The van der Waals surface area contributed by atoms with Crippen LogP contribution in [0.5, 0.6) is 5.75 Å². The molecule has 0 aliphatic carbocycles. The number of fused-ring (bicyclic) bond motifs is 1. The first kappa shape index (κ1) is 24.9. The summed E-state index contributed by atoms with van der Waals surface area (Å²) in [5.41, 5.74) is 3.30. The van der Waals surface area contributed by atoms with E-state index in [9.17, 15) is 13.2 Å². The number of benzene rings is 3. The minimum Gasteiger partial charge on any atom is -0.482 e. The standard InChI is InChI=1S/C27H30N2O5S/c1-2-33-27(30)20-34-23-13-14-25-22(17-23)15-16-29(19-21-9-5-3-6-10-21)26(25)18-28-35(31,32)24-11-7-4-8-12-24/h3-14,17,26,28H,2,15-16,18-20H2,1H3. The molecule has 3 aromatic rings. The van der Waals surface area contributed by atoms with Crippen molar-refractivity contribution < 1.29 is 22.7 Å². The molecule has 4 rings (SSSR count). The van der Waals surface area contributed by atoms with Gasteiger partial charge in [0.1, 0.15) is 5.75 Å². The Balaban J connectivity index is 1.56. The lowest BCUT2D eigenvalue weighted by atomic mass is 9.92. The lowest BCUT2D eigenvalue weighted by molar-refractivity contribution is -0.145. The SMILES string of the molecule is CCOC(=O)COc1ccc2c(c1)CCN(Cc1ccccc1)C2CNS(=O)(=O)c1ccccc1. The van der Waals surface area contributed by atoms with Gasteiger partial charge in [-0.25, -0.2) is 17.9 Å². The first-order chi connectivity index (χ1) is 17.0. The van der Waals surface area contributed by atoms with E-state index in [-0.39, 0.29) is 24.1 Å². The van der Waals surface area contributed by atoms with Gasteiger partial charge in [0.2, 0.25) is 10.0 Å². The highest BCUT2D eigenvalue weighted by Crippen LogP contribution is 2.33. The van der Waals surface area contributed by atoms with Crippen molar-refractivity contribution in [2.75, 3.05) is 26.3 Å². The molecule has 7 nitrogen and oxygen atoms in total. The third-order valence-corrected chi connectivity index (χ3v) is 7.43. The van der Waals surface area contributed by atoms with Crippen molar-refractivity contribution in [3.63, 3.8) is 0 Å². The van der Waals surface area contributed by atoms with Gasteiger partial charge in [-0.1, -0.05) is 54.6 Å². The van der Waals surface area contributed by atoms with Crippen LogP contribution < -0.4 is 9.46 Å². The van der Waals surface area contributed by atoms with Gasteiger partial charge >= 0.3 is 5.97 Å². The summed E-state index contributed by atoms with van der Waals surface area (Å²) in [6.07, 6.45) is 0.792. The Hall–Kier alpha value is -3.20. The van der Waals surface area contributed by atoms with Crippen LogP contribution in [-0.2, 0) is 32.5 Å². The maximum atomic E-state index is 12.9. The van der Waals surface area contributed by atoms with Gasteiger partial charge in [0.05, 0.1) is 11.5 Å². The molecule has 0 radical (unpaired) electrons. The van der Waals surface area contributed by atoms with Crippen LogP contribution in [0.1, 0.15) is 29.7 Å². The Bertz CT molecular complexity index is 1230. The van der Waals surface area contributed by atoms with E-state index in [4.69, 9.17) is 9.47 Å². The van der Waals surface area contributed by atoms with Crippen LogP contribution >= 0.6 is 0 Å². The van der Waals surface area contributed by atoms with Gasteiger partial charge in [-0.3, -0.25) is 4.90 Å². The zero-order valence-corrected chi connectivity index (χ0v) is 20.5. The van der Waals surface area contributed by atoms with Crippen molar-refractivity contribution in [2.24, 2.45) is 0 Å². The summed E-state index contributed by atoms with van der Waals surface area (Å²) in [5, 5.41) is 0. The average Bonchev–Trinajstić information content (AvgIpc) is 2.88. The van der Waals surface area contributed by atoms with Gasteiger partial charge in [0, 0.05) is 25.7 Å². The number of rotatable bonds is 10. The number of nitrogens with zero attached hydrogens (tertiary/aromatic N) is 1. The fourth-order valence-corrected chi connectivity index (χ4v) is 5.35. The average molecular weight is 495 g/mol. The first-order valence-corrected chi connectivity index (χ1v) is 13.2. The predicted molar refractivity (Wildman–Crippen MR) is 133 cm³/mol. The first-order valence-electron chi connectivity index (χ1n) is 11.7. The number of ether oxygens (including phenoxy) is 2. The van der Waals surface area contributed by atoms with Gasteiger partial charge in [-0.15, -0.1) is 0 Å². The lowest BCUT2D eigenvalue weighted by Gasteiger charge is -2.37. The largest absolute Gasteiger partial charge is 0.482 e. The van der Waals surface area contributed by atoms with Crippen LogP contribution in [0.25, 0.3) is 0 Å². The molecule has 1 aliphatic heterocycles. The van der Waals surface area contributed by atoms with E-state index in [2.05, 4.69) is 21.8 Å². The number of sulfonamides is 1. The molecule has 1 atom stereocenters. The summed E-state index contributed by atoms with van der Waals surface area (Å²) in [7, 11) is -3.64. The molecule has 1 N–H and O–H groups in total. The van der Waals surface area contributed by atoms with E-state index in [0.29, 0.717) is 18.9 Å². The number of hydrogen-bond acceptors (Lipinski definition) is 6. The molecular weight excluding hydrogens is 464 g/mol. The van der Waals surface area contributed by atoms with Gasteiger partial charge < -0.3 is 9.47 Å². The molecule has 0 saturated carbocycles. The predicted octanol–water partition coefficient (Wildman–Crippen LogP) is 3.71. The topological polar surface area (TPSA) is 84.9 Å². The number of nitrogens with one attached hydrogen (secondary N) is 1. The monoisotopic (exact) mass is 494 g/mol. The fraction of sp³-hybridized carbons (Fsp3) is 0.296. The summed E-state index contributed by atoms with van der Waals surface area (Å²) in [6, 6.07) is 24.1. The van der Waals surface area contributed by atoms with Crippen LogP contribution in [0.15, 0.2) is 83.8 Å². The Morgan fingerprint density at radius 1 is 1.03 bits per heavy atom. The van der Waals surface area contributed by atoms with E-state index in [1.807, 2.05) is 36.4 Å². The number of carbonyl (C=O) groups is 1. The molecule has 1 aliphatic rings. The molecule has 0 amide bonds. The molecule has 0 fully saturated rings. The van der Waals surface area contributed by atoms with Crippen LogP contribution in [0.3, 0.4) is 0 Å². The zero-order valence-electron chi connectivity index (χ0n) is 19.7. The second kappa shape index (κ2) is 11.5. The second-order valence-corrected chi connectivity index (χ2v) is 10.1. The maximum Gasteiger partial charge on any atom is 0.344 e. The van der Waals surface area contributed by atoms with Gasteiger partial charge in [0.15, 0.2) is 6.61 Å². The molecule has 35 heavy (non-hydrogen) atoms. The molecule has 1 unspecified atom stereocenters. The molecule has 0 saturated heterocycles. The number of hydrogen-bond donors (Lipinski definition) is 1. The zero-order chi connectivity index (χ0) is 24.7. The Morgan fingerprint density at radius 3 is 2.46 bits per heavy atom. The van der Waals surface area contributed by atoms with E-state index in [1.165, 1.54) is 5.56 Å². The third-order valence-electron chi connectivity index (χ3n) is 5.99. The second-order valence-electron chi connectivity index (χ2n) is 8.34. The highest BCUT2D eigenvalue weighted by atomic mass is 32.2. The van der Waals surface area contributed by atoms with E-state index < -0.39 is 16.0 Å². The normalized spacial score (nSPS) is 15.9. The van der Waals surface area contributed by atoms with Crippen molar-refractivity contribution in [1.82, 2.24) is 9.62 Å². The minimum absolute atomic E-state index is 0.146. The van der Waals surface area contributed by atoms with Crippen LogP contribution in [0.2, 0.25) is 0 Å². The molecular formula is C27H30N2O5S. The summed E-state index contributed by atoms with van der Waals surface area (Å²) in [5.74, 6) is 0.185. The molecule has 3 aromatic carbocycles. The van der Waals surface area contributed by atoms with Gasteiger partial charge in [0.25, 0.3) is 0 Å². The molecule has 0 spiro atoms. The Kier molecular flexibility index (Phi) is 8.17. The molecule has 184 valence electrons. The van der Waals surface area contributed by atoms with Crippen molar-refractivity contribution >= 4 is 16.0 Å². The molecule has 1 heterocycles. The molecule has 8 heteroatoms. The number of carbonyl (C=O) groups excluding carboxylic acids is 1. The number of esters is 1. The van der Waals surface area contributed by atoms with Crippen LogP contribution in [0.4, 0.5) is 0 Å². The van der Waals surface area contributed by atoms with Gasteiger partial charge in [-0.2, -0.15) is 0 Å². The van der Waals surface area contributed by atoms with Crippen molar-refractivity contribution in [3.8, 4) is 5.75 Å².